The van der Waals surface area contributed by atoms with Gasteiger partial charge in [0.2, 0.25) is 5.91 Å². The Labute approximate surface area is 121 Å². The van der Waals surface area contributed by atoms with Gasteiger partial charge in [0.1, 0.15) is 0 Å². The van der Waals surface area contributed by atoms with Gasteiger partial charge in [-0.1, -0.05) is 24.5 Å². The van der Waals surface area contributed by atoms with Crippen LogP contribution in [0.2, 0.25) is 0 Å². The topological polar surface area (TPSA) is 20.3 Å². The van der Waals surface area contributed by atoms with Crippen molar-refractivity contribution in [3.05, 3.63) is 48.0 Å². The first kappa shape index (κ1) is 15.2. The smallest absolute Gasteiger partial charge is 0.338 e. The van der Waals surface area contributed by atoms with Gasteiger partial charge < -0.3 is 4.90 Å². The zero-order chi connectivity index (χ0) is 15.5. The van der Waals surface area contributed by atoms with E-state index in [0.29, 0.717) is 18.7 Å². The molecule has 0 spiro atoms. The standard InChI is InChI=1S/C16H14F3NO/c1-2-15(21)20-9-8-13(11-20)7-6-12-4-3-5-14(10-12)16(17,18)19/h2-5,10,13H,1,8-9,11H2. The normalized spacial score (nSPS) is 18.0. The zero-order valence-corrected chi connectivity index (χ0v) is 11.3. The van der Waals surface area contributed by atoms with Crippen molar-refractivity contribution in [1.29, 1.82) is 0 Å². The summed E-state index contributed by atoms with van der Waals surface area (Å²) < 4.78 is 37.8. The van der Waals surface area contributed by atoms with E-state index in [-0.39, 0.29) is 11.8 Å². The Morgan fingerprint density at radius 2 is 2.19 bits per heavy atom. The van der Waals surface area contributed by atoms with Crippen LogP contribution in [0.25, 0.3) is 0 Å². The van der Waals surface area contributed by atoms with Crippen LogP contribution in [-0.2, 0) is 11.0 Å². The number of alkyl halides is 3. The first-order valence-corrected chi connectivity index (χ1v) is 6.50. The number of hydrogen-bond donors (Lipinski definition) is 0. The molecule has 1 atom stereocenters. The Bertz CT molecular complexity index is 610. The molecule has 1 aromatic carbocycles. The van der Waals surface area contributed by atoms with E-state index in [1.165, 1.54) is 12.1 Å². The van der Waals surface area contributed by atoms with E-state index in [2.05, 4.69) is 18.4 Å². The summed E-state index contributed by atoms with van der Waals surface area (Å²) in [5.41, 5.74) is -0.373. The van der Waals surface area contributed by atoms with E-state index in [4.69, 9.17) is 0 Å². The SMILES string of the molecule is C=CC(=O)N1CCC(C#Cc2cccc(C(F)(F)F)c2)C1. The number of likely N-dealkylation sites (tertiary alicyclic amines) is 1. The summed E-state index contributed by atoms with van der Waals surface area (Å²) in [4.78, 5) is 13.1. The minimum absolute atomic E-state index is 0.0107. The predicted octanol–water partition coefficient (Wildman–Crippen LogP) is 3.09. The van der Waals surface area contributed by atoms with Crippen LogP contribution in [-0.4, -0.2) is 23.9 Å². The molecule has 21 heavy (non-hydrogen) atoms. The fourth-order valence-electron chi connectivity index (χ4n) is 2.17. The van der Waals surface area contributed by atoms with Crippen molar-refractivity contribution < 1.29 is 18.0 Å². The second kappa shape index (κ2) is 6.04. The molecule has 1 heterocycles. The van der Waals surface area contributed by atoms with Crippen LogP contribution in [0, 0.1) is 17.8 Å². The number of halogens is 3. The lowest BCUT2D eigenvalue weighted by atomic mass is 10.1. The molecule has 110 valence electrons. The van der Waals surface area contributed by atoms with Crippen molar-refractivity contribution in [1.82, 2.24) is 4.90 Å². The lowest BCUT2D eigenvalue weighted by molar-refractivity contribution is -0.137. The molecule has 1 aliphatic heterocycles. The Morgan fingerprint density at radius 3 is 2.86 bits per heavy atom. The van der Waals surface area contributed by atoms with Gasteiger partial charge in [-0.25, -0.2) is 0 Å². The van der Waals surface area contributed by atoms with Crippen LogP contribution in [0.15, 0.2) is 36.9 Å². The lowest BCUT2D eigenvalue weighted by Crippen LogP contribution is -2.26. The van der Waals surface area contributed by atoms with Gasteiger partial charge in [-0.3, -0.25) is 4.79 Å². The van der Waals surface area contributed by atoms with Crippen LogP contribution in [0.1, 0.15) is 17.5 Å². The van der Waals surface area contributed by atoms with E-state index in [1.54, 1.807) is 11.0 Å². The fourth-order valence-corrected chi connectivity index (χ4v) is 2.17. The zero-order valence-electron chi connectivity index (χ0n) is 11.3. The molecule has 2 rings (SSSR count). The molecule has 1 fully saturated rings. The molecule has 0 N–H and O–H groups in total. The van der Waals surface area contributed by atoms with Gasteiger partial charge in [-0.05, 0) is 30.7 Å². The molecule has 0 radical (unpaired) electrons. The minimum Gasteiger partial charge on any atom is -0.338 e. The lowest BCUT2D eigenvalue weighted by Gasteiger charge is -2.11. The molecule has 0 aromatic heterocycles. The molecule has 0 bridgehead atoms. The number of carbonyl (C=O) groups excluding carboxylic acids is 1. The molecule has 5 heteroatoms. The van der Waals surface area contributed by atoms with Gasteiger partial charge in [0.25, 0.3) is 0 Å². The average Bonchev–Trinajstić information content (AvgIpc) is 2.92. The molecule has 0 aliphatic carbocycles. The highest BCUT2D eigenvalue weighted by Gasteiger charge is 2.30. The summed E-state index contributed by atoms with van der Waals surface area (Å²) in [7, 11) is 0. The first-order chi connectivity index (χ1) is 9.90. The van der Waals surface area contributed by atoms with Gasteiger partial charge in [-0.2, -0.15) is 13.2 Å². The summed E-state index contributed by atoms with van der Waals surface area (Å²) in [6.45, 7) is 4.52. The van der Waals surface area contributed by atoms with Crippen molar-refractivity contribution in [2.45, 2.75) is 12.6 Å². The second-order valence-corrected chi connectivity index (χ2v) is 4.82. The Morgan fingerprint density at radius 1 is 1.43 bits per heavy atom. The molecule has 1 aromatic rings. The highest BCUT2D eigenvalue weighted by molar-refractivity contribution is 5.87. The molecule has 1 unspecified atom stereocenters. The molecule has 1 aliphatic rings. The first-order valence-electron chi connectivity index (χ1n) is 6.50. The number of amides is 1. The third kappa shape index (κ3) is 3.88. The van der Waals surface area contributed by atoms with Crippen LogP contribution in [0.3, 0.4) is 0 Å². The Balaban J connectivity index is 2.07. The largest absolute Gasteiger partial charge is 0.416 e. The number of benzene rings is 1. The van der Waals surface area contributed by atoms with Gasteiger partial charge >= 0.3 is 6.18 Å². The molecule has 1 amide bonds. The van der Waals surface area contributed by atoms with Gasteiger partial charge in [0.05, 0.1) is 5.56 Å². The second-order valence-electron chi connectivity index (χ2n) is 4.82. The molecule has 0 saturated carbocycles. The number of nitrogens with zero attached hydrogens (tertiary/aromatic N) is 1. The highest BCUT2D eigenvalue weighted by atomic mass is 19.4. The summed E-state index contributed by atoms with van der Waals surface area (Å²) in [5.74, 6) is 5.55. The summed E-state index contributed by atoms with van der Waals surface area (Å²) in [5, 5.41) is 0. The highest BCUT2D eigenvalue weighted by Crippen LogP contribution is 2.29. The summed E-state index contributed by atoms with van der Waals surface area (Å²) >= 11 is 0. The Kier molecular flexibility index (Phi) is 4.37. The number of carbonyl (C=O) groups is 1. The van der Waals surface area contributed by atoms with E-state index in [9.17, 15) is 18.0 Å². The average molecular weight is 293 g/mol. The maximum Gasteiger partial charge on any atom is 0.416 e. The van der Waals surface area contributed by atoms with Crippen LogP contribution in [0.5, 0.6) is 0 Å². The van der Waals surface area contributed by atoms with Crippen LogP contribution < -0.4 is 0 Å². The maximum absolute atomic E-state index is 12.6. The minimum atomic E-state index is -4.36. The molecular formula is C16H14F3NO. The van der Waals surface area contributed by atoms with Crippen molar-refractivity contribution in [3.8, 4) is 11.8 Å². The molecule has 1 saturated heterocycles. The van der Waals surface area contributed by atoms with E-state index in [1.807, 2.05) is 0 Å². The number of rotatable bonds is 1. The third-order valence-electron chi connectivity index (χ3n) is 3.29. The summed E-state index contributed by atoms with van der Waals surface area (Å²) in [6.07, 6.45) is -2.38. The van der Waals surface area contributed by atoms with Gasteiger partial charge in [0, 0.05) is 24.6 Å². The summed E-state index contributed by atoms with van der Waals surface area (Å²) in [6, 6.07) is 4.94. The molecular weight excluding hydrogens is 279 g/mol. The fraction of sp³-hybridized carbons (Fsp3) is 0.312. The van der Waals surface area contributed by atoms with E-state index in [0.717, 1.165) is 18.6 Å². The van der Waals surface area contributed by atoms with E-state index >= 15 is 0 Å². The van der Waals surface area contributed by atoms with Crippen molar-refractivity contribution in [2.24, 2.45) is 5.92 Å². The van der Waals surface area contributed by atoms with Gasteiger partial charge in [0.15, 0.2) is 0 Å². The predicted molar refractivity (Wildman–Crippen MR) is 73.2 cm³/mol. The monoisotopic (exact) mass is 293 g/mol. The Hall–Kier alpha value is -2.22. The van der Waals surface area contributed by atoms with Gasteiger partial charge in [-0.15, -0.1) is 0 Å². The van der Waals surface area contributed by atoms with Crippen molar-refractivity contribution in [3.63, 3.8) is 0 Å². The number of hydrogen-bond acceptors (Lipinski definition) is 1. The van der Waals surface area contributed by atoms with Crippen LogP contribution >= 0.6 is 0 Å². The van der Waals surface area contributed by atoms with E-state index < -0.39 is 11.7 Å². The van der Waals surface area contributed by atoms with Crippen molar-refractivity contribution in [2.75, 3.05) is 13.1 Å². The molecule has 2 nitrogen and oxygen atoms in total. The maximum atomic E-state index is 12.6. The van der Waals surface area contributed by atoms with Crippen molar-refractivity contribution >= 4 is 5.91 Å². The van der Waals surface area contributed by atoms with Crippen LogP contribution in [0.4, 0.5) is 13.2 Å². The quantitative estimate of drug-likeness (QED) is 0.575. The third-order valence-corrected chi connectivity index (χ3v) is 3.29.